The second kappa shape index (κ2) is 6.84. The Labute approximate surface area is 132 Å². The summed E-state index contributed by atoms with van der Waals surface area (Å²) in [6, 6.07) is 20.9. The molecule has 0 spiro atoms. The van der Waals surface area contributed by atoms with E-state index >= 15 is 0 Å². The number of benzene rings is 2. The van der Waals surface area contributed by atoms with E-state index in [1.165, 1.54) is 15.3 Å². The van der Waals surface area contributed by atoms with Crippen LogP contribution in [0.1, 0.15) is 0 Å². The molecular formula is C16H13ClOS2. The molecular weight excluding hydrogens is 308 g/mol. The van der Waals surface area contributed by atoms with Crippen LogP contribution in [-0.4, -0.2) is 7.11 Å². The minimum atomic E-state index is 0. The van der Waals surface area contributed by atoms with Gasteiger partial charge in [0.05, 0.1) is 7.11 Å². The Kier molecular flexibility index (Phi) is 5.12. The van der Waals surface area contributed by atoms with Crippen LogP contribution in [0.25, 0.3) is 20.9 Å². The predicted molar refractivity (Wildman–Crippen MR) is 84.0 cm³/mol. The summed E-state index contributed by atoms with van der Waals surface area (Å²) in [5.41, 5.74) is 2.43. The molecule has 20 heavy (non-hydrogen) atoms. The Morgan fingerprint density at radius 3 is 2.40 bits per heavy atom. The quantitative estimate of drug-likeness (QED) is 0.532. The van der Waals surface area contributed by atoms with E-state index in [0.29, 0.717) is 0 Å². The Bertz CT molecular complexity index is 680. The summed E-state index contributed by atoms with van der Waals surface area (Å²) in [4.78, 5) is 2.55. The van der Waals surface area contributed by atoms with Gasteiger partial charge in [0.2, 0.25) is 0 Å². The maximum atomic E-state index is 5.43. The topological polar surface area (TPSA) is 9.23 Å². The van der Waals surface area contributed by atoms with E-state index in [4.69, 9.17) is 4.74 Å². The van der Waals surface area contributed by atoms with Gasteiger partial charge in [-0.2, -0.15) is 0 Å². The van der Waals surface area contributed by atoms with Gasteiger partial charge in [0.25, 0.3) is 4.88 Å². The van der Waals surface area contributed by atoms with Gasteiger partial charge in [0.15, 0.2) is 10.3 Å². The lowest BCUT2D eigenvalue weighted by atomic mass is 10.1. The summed E-state index contributed by atoms with van der Waals surface area (Å²) < 4.78 is 5.43. The lowest BCUT2D eigenvalue weighted by molar-refractivity contribution is -0.00000379. The zero-order chi connectivity index (χ0) is 13.1. The minimum absolute atomic E-state index is 0. The predicted octanol–water partition coefficient (Wildman–Crippen LogP) is 2.44. The van der Waals surface area contributed by atoms with Crippen LogP contribution in [0, 0.1) is 0 Å². The lowest BCUT2D eigenvalue weighted by Gasteiger charge is -2.03. The SMILES string of the molecule is COc1ccccc1-c1cc(-c2ccccc2)[s+]s1.[Cl-]. The van der Waals surface area contributed by atoms with Gasteiger partial charge in [0.1, 0.15) is 10.6 Å². The lowest BCUT2D eigenvalue weighted by Crippen LogP contribution is -3.00. The number of rotatable bonds is 3. The average molecular weight is 321 g/mol. The summed E-state index contributed by atoms with van der Waals surface area (Å²) in [5.74, 6) is 0.927. The molecule has 1 heterocycles. The first-order chi connectivity index (χ1) is 9.38. The average Bonchev–Trinajstić information content (AvgIpc) is 2.98. The molecule has 0 unspecified atom stereocenters. The van der Waals surface area contributed by atoms with Crippen molar-refractivity contribution in [2.24, 2.45) is 0 Å². The Hall–Kier alpha value is -1.42. The van der Waals surface area contributed by atoms with Gasteiger partial charge in [-0.05, 0) is 24.3 Å². The van der Waals surface area contributed by atoms with Crippen LogP contribution in [0.15, 0.2) is 60.7 Å². The van der Waals surface area contributed by atoms with Crippen molar-refractivity contribution in [3.8, 4) is 26.6 Å². The minimum Gasteiger partial charge on any atom is -1.00 e. The Morgan fingerprint density at radius 2 is 1.65 bits per heavy atom. The summed E-state index contributed by atoms with van der Waals surface area (Å²) in [6.45, 7) is 0. The molecule has 102 valence electrons. The van der Waals surface area contributed by atoms with Gasteiger partial charge >= 0.3 is 10.3 Å². The summed E-state index contributed by atoms with van der Waals surface area (Å²) in [7, 11) is 5.31. The van der Waals surface area contributed by atoms with Crippen molar-refractivity contribution in [3.05, 3.63) is 60.7 Å². The largest absolute Gasteiger partial charge is 1.00 e. The summed E-state index contributed by atoms with van der Waals surface area (Å²) >= 11 is 0. The molecule has 0 saturated carbocycles. The van der Waals surface area contributed by atoms with Crippen LogP contribution < -0.4 is 17.1 Å². The van der Waals surface area contributed by atoms with Gasteiger partial charge in [0, 0.05) is 17.2 Å². The van der Waals surface area contributed by atoms with Crippen LogP contribution in [0.4, 0.5) is 0 Å². The first-order valence-corrected chi connectivity index (χ1v) is 8.15. The van der Waals surface area contributed by atoms with Gasteiger partial charge in [-0.3, -0.25) is 0 Å². The highest BCUT2D eigenvalue weighted by Crippen LogP contribution is 2.40. The molecule has 1 aromatic heterocycles. The molecule has 0 amide bonds. The highest BCUT2D eigenvalue weighted by Gasteiger charge is 2.18. The maximum absolute atomic E-state index is 5.43. The Balaban J connectivity index is 0.00000147. The van der Waals surface area contributed by atoms with Crippen molar-refractivity contribution >= 4 is 20.7 Å². The van der Waals surface area contributed by atoms with E-state index in [-0.39, 0.29) is 12.4 Å². The van der Waals surface area contributed by atoms with E-state index in [1.54, 1.807) is 27.8 Å². The third-order valence-corrected chi connectivity index (χ3v) is 5.38. The van der Waals surface area contributed by atoms with Crippen LogP contribution in [0.5, 0.6) is 5.75 Å². The van der Waals surface area contributed by atoms with E-state index in [9.17, 15) is 0 Å². The molecule has 0 saturated heterocycles. The number of methoxy groups -OCH3 is 1. The molecule has 3 aromatic rings. The molecule has 0 aliphatic rings. The highest BCUT2D eigenvalue weighted by atomic mass is 35.5. The smallest absolute Gasteiger partial charge is 0.301 e. The van der Waals surface area contributed by atoms with Crippen LogP contribution in [0.2, 0.25) is 0 Å². The number of ether oxygens (including phenoxy) is 1. The summed E-state index contributed by atoms with van der Waals surface area (Å²) in [6.07, 6.45) is 0. The van der Waals surface area contributed by atoms with E-state index in [1.807, 2.05) is 24.3 Å². The fourth-order valence-corrected chi connectivity index (χ4v) is 4.42. The molecule has 2 aromatic carbocycles. The van der Waals surface area contributed by atoms with Crippen molar-refractivity contribution in [2.75, 3.05) is 7.11 Å². The van der Waals surface area contributed by atoms with Crippen LogP contribution in [0.3, 0.4) is 0 Å². The van der Waals surface area contributed by atoms with Crippen molar-refractivity contribution < 1.29 is 17.1 Å². The van der Waals surface area contributed by atoms with E-state index in [0.717, 1.165) is 11.3 Å². The molecule has 0 atom stereocenters. The molecule has 0 aliphatic carbocycles. The molecule has 0 bridgehead atoms. The highest BCUT2D eigenvalue weighted by molar-refractivity contribution is 7.72. The summed E-state index contributed by atoms with van der Waals surface area (Å²) in [5, 5.41) is 0. The second-order valence-electron chi connectivity index (χ2n) is 4.11. The fraction of sp³-hybridized carbons (Fsp3) is 0.0625. The van der Waals surface area contributed by atoms with Crippen molar-refractivity contribution in [1.82, 2.24) is 0 Å². The van der Waals surface area contributed by atoms with Gasteiger partial charge in [-0.1, -0.05) is 30.3 Å². The molecule has 4 heteroatoms. The zero-order valence-electron chi connectivity index (χ0n) is 10.9. The zero-order valence-corrected chi connectivity index (χ0v) is 13.3. The third kappa shape index (κ3) is 3.01. The molecule has 3 rings (SSSR count). The van der Waals surface area contributed by atoms with Crippen molar-refractivity contribution in [2.45, 2.75) is 0 Å². The molecule has 0 aliphatic heterocycles. The first kappa shape index (κ1) is 15.0. The van der Waals surface area contributed by atoms with E-state index < -0.39 is 0 Å². The van der Waals surface area contributed by atoms with Crippen molar-refractivity contribution in [3.63, 3.8) is 0 Å². The number of hydrogen-bond acceptors (Lipinski definition) is 2. The van der Waals surface area contributed by atoms with E-state index in [2.05, 4.69) is 36.4 Å². The van der Waals surface area contributed by atoms with Crippen molar-refractivity contribution in [1.29, 1.82) is 0 Å². The number of para-hydroxylation sites is 1. The third-order valence-electron chi connectivity index (χ3n) is 2.91. The maximum Gasteiger partial charge on any atom is 0.301 e. The van der Waals surface area contributed by atoms with Gasteiger partial charge in [-0.25, -0.2) is 0 Å². The molecule has 0 radical (unpaired) electrons. The second-order valence-corrected chi connectivity index (χ2v) is 6.32. The first-order valence-electron chi connectivity index (χ1n) is 6.00. The number of halogens is 1. The van der Waals surface area contributed by atoms with Crippen LogP contribution in [-0.2, 0) is 0 Å². The van der Waals surface area contributed by atoms with Crippen LogP contribution >= 0.6 is 20.7 Å². The van der Waals surface area contributed by atoms with Gasteiger partial charge < -0.3 is 17.1 Å². The Morgan fingerprint density at radius 1 is 0.950 bits per heavy atom. The molecule has 0 fully saturated rings. The van der Waals surface area contributed by atoms with Gasteiger partial charge in [-0.15, -0.1) is 0 Å². The monoisotopic (exact) mass is 320 g/mol. The standard InChI is InChI=1S/C16H13OS2.ClH/c1-17-14-10-6-5-9-13(14)16-11-15(18-19-16)12-7-3-2-4-8-12;/h2-11H,1H3;1H/q+1;/p-1. The fourth-order valence-electron chi connectivity index (χ4n) is 1.96. The normalized spacial score (nSPS) is 9.85. The molecule has 1 nitrogen and oxygen atoms in total. The number of hydrogen-bond donors (Lipinski definition) is 0. The molecule has 0 N–H and O–H groups in total.